The summed E-state index contributed by atoms with van der Waals surface area (Å²) in [4.78, 5) is 61.4. The first-order chi connectivity index (χ1) is 30.3. The zero-order valence-corrected chi connectivity index (χ0v) is 36.8. The van der Waals surface area contributed by atoms with Gasteiger partial charge in [0.25, 0.3) is 0 Å². The van der Waals surface area contributed by atoms with Crippen LogP contribution in [0.4, 0.5) is 0 Å². The molecule has 0 aliphatic carbocycles. The summed E-state index contributed by atoms with van der Waals surface area (Å²) in [5.74, 6) is -2.80. The van der Waals surface area contributed by atoms with Crippen molar-refractivity contribution in [3.05, 3.63) is 114 Å². The zero-order chi connectivity index (χ0) is 45.7. The molecule has 0 aliphatic heterocycles. The summed E-state index contributed by atoms with van der Waals surface area (Å²) in [6.07, 6.45) is 3.72. The maximum atomic E-state index is 13.0. The number of hydrogen-bond donors (Lipinski definition) is 4. The van der Waals surface area contributed by atoms with E-state index in [1.807, 2.05) is 117 Å². The van der Waals surface area contributed by atoms with E-state index < -0.39 is 18.0 Å². The number of esters is 1. The van der Waals surface area contributed by atoms with Gasteiger partial charge in [0.1, 0.15) is 6.04 Å². The van der Waals surface area contributed by atoms with E-state index in [0.717, 1.165) is 58.2 Å². The number of tetrazole rings is 1. The Morgan fingerprint density at radius 2 is 1.35 bits per heavy atom. The number of H-pyrrole nitrogens is 1. The van der Waals surface area contributed by atoms with Gasteiger partial charge in [-0.05, 0) is 70.7 Å². The highest BCUT2D eigenvalue weighted by molar-refractivity contribution is 5.84. The lowest BCUT2D eigenvalue weighted by Gasteiger charge is -2.32. The van der Waals surface area contributed by atoms with Gasteiger partial charge in [0, 0.05) is 31.0 Å². The summed E-state index contributed by atoms with van der Waals surface area (Å²) < 4.78 is 5.07. The molecule has 5 aromatic rings. The highest BCUT2D eigenvalue weighted by Gasteiger charge is 2.32. The normalized spacial score (nSPS) is 12.3. The predicted octanol–water partition coefficient (Wildman–Crippen LogP) is 8.39. The van der Waals surface area contributed by atoms with Crippen LogP contribution in [0.15, 0.2) is 103 Å². The van der Waals surface area contributed by atoms with Crippen LogP contribution in [-0.2, 0) is 41.7 Å². The molecular formula is C49H60N6O8. The Morgan fingerprint density at radius 1 is 0.730 bits per heavy atom. The van der Waals surface area contributed by atoms with Crippen LogP contribution >= 0.6 is 0 Å². The van der Waals surface area contributed by atoms with Crippen molar-refractivity contribution in [3.8, 4) is 33.6 Å². The average Bonchev–Trinajstić information content (AvgIpc) is 3.82. The monoisotopic (exact) mass is 860 g/mol. The van der Waals surface area contributed by atoms with Gasteiger partial charge in [-0.1, -0.05) is 144 Å². The minimum Gasteiger partial charge on any atom is -0.481 e. The summed E-state index contributed by atoms with van der Waals surface area (Å²) in [7, 11) is 0. The fourth-order valence-corrected chi connectivity index (χ4v) is 7.25. The molecule has 0 saturated carbocycles. The summed E-state index contributed by atoms with van der Waals surface area (Å²) in [5.41, 5.74) is 6.92. The van der Waals surface area contributed by atoms with Crippen LogP contribution < -0.4 is 5.32 Å². The molecule has 0 saturated heterocycles. The third-order valence-corrected chi connectivity index (χ3v) is 10.5. The second-order valence-electron chi connectivity index (χ2n) is 15.8. The molecular weight excluding hydrogens is 801 g/mol. The Kier molecular flexibility index (Phi) is 19.7. The molecule has 4 aromatic carbocycles. The summed E-state index contributed by atoms with van der Waals surface area (Å²) >= 11 is 0. The molecule has 334 valence electrons. The number of carboxylic acids is 2. The smallest absolute Gasteiger partial charge is 0.326 e. The molecule has 4 N–H and O–H groups in total. The van der Waals surface area contributed by atoms with E-state index in [2.05, 4.69) is 32.9 Å². The Morgan fingerprint density at radius 3 is 1.94 bits per heavy atom. The van der Waals surface area contributed by atoms with Gasteiger partial charge in [0.15, 0.2) is 0 Å². The molecule has 1 heterocycles. The molecule has 0 bridgehead atoms. The summed E-state index contributed by atoms with van der Waals surface area (Å²) in [6, 6.07) is 32.6. The number of carbonyl (C=O) groups excluding carboxylic acids is 3. The number of unbranched alkanes of at least 4 members (excludes halogenated alkanes) is 2. The molecule has 0 spiro atoms. The summed E-state index contributed by atoms with van der Waals surface area (Å²) in [6.45, 7) is 9.84. The van der Waals surface area contributed by atoms with Crippen LogP contribution in [0.25, 0.3) is 33.6 Å². The van der Waals surface area contributed by atoms with Crippen molar-refractivity contribution in [2.45, 2.75) is 105 Å². The molecule has 63 heavy (non-hydrogen) atoms. The van der Waals surface area contributed by atoms with Crippen LogP contribution in [0, 0.1) is 11.8 Å². The molecule has 1 aromatic heterocycles. The van der Waals surface area contributed by atoms with Gasteiger partial charge >= 0.3 is 17.9 Å². The van der Waals surface area contributed by atoms with E-state index in [0.29, 0.717) is 31.7 Å². The molecule has 14 heteroatoms. The number of ether oxygens (including phenoxy) is 1. The molecule has 3 atom stereocenters. The number of hydrogen-bond acceptors (Lipinski definition) is 9. The average molecular weight is 861 g/mol. The lowest BCUT2D eigenvalue weighted by molar-refractivity contribution is -0.153. The van der Waals surface area contributed by atoms with Crippen LogP contribution in [0.2, 0.25) is 0 Å². The fourth-order valence-electron chi connectivity index (χ4n) is 7.25. The quantitative estimate of drug-likeness (QED) is 0.0384. The molecule has 0 unspecified atom stereocenters. The number of nitrogens with one attached hydrogen (secondary N) is 2. The fraction of sp³-hybridized carbons (Fsp3) is 0.388. The lowest BCUT2D eigenvalue weighted by Crippen LogP contribution is -2.47. The molecule has 0 radical (unpaired) electrons. The van der Waals surface area contributed by atoms with E-state index in [-0.39, 0.29) is 55.0 Å². The molecule has 5 rings (SSSR count). The van der Waals surface area contributed by atoms with Crippen molar-refractivity contribution in [1.29, 1.82) is 0 Å². The molecule has 2 amide bonds. The third-order valence-electron chi connectivity index (χ3n) is 10.5. The van der Waals surface area contributed by atoms with Gasteiger partial charge < -0.3 is 25.2 Å². The Balaban J connectivity index is 0.000000278. The van der Waals surface area contributed by atoms with Crippen molar-refractivity contribution in [2.75, 3.05) is 6.61 Å². The van der Waals surface area contributed by atoms with Crippen molar-refractivity contribution in [2.24, 2.45) is 11.8 Å². The topological polar surface area (TPSA) is 205 Å². The maximum Gasteiger partial charge on any atom is 0.326 e. The highest BCUT2D eigenvalue weighted by atomic mass is 16.5. The molecule has 0 fully saturated rings. The number of amides is 2. The molecule has 0 aliphatic rings. The van der Waals surface area contributed by atoms with Crippen molar-refractivity contribution in [3.63, 3.8) is 0 Å². The van der Waals surface area contributed by atoms with Gasteiger partial charge in [-0.3, -0.25) is 19.2 Å². The second kappa shape index (κ2) is 25.3. The highest BCUT2D eigenvalue weighted by Crippen LogP contribution is 2.30. The van der Waals surface area contributed by atoms with Gasteiger partial charge in [-0.15, -0.1) is 10.2 Å². The van der Waals surface area contributed by atoms with E-state index in [9.17, 15) is 29.1 Å². The SMILES string of the molecule is CCCCCC(=O)N(Cc1ccc(-c2ccccc2-c2nn[nH]n2)cc1)[C@H](C(=O)O)C(C)C.CCOC(=O)[C@H](C)C[C@@H](Cc1ccc(-c2ccccc2)cc1)NC(=O)CCC(=O)O. The minimum atomic E-state index is -1.02. The van der Waals surface area contributed by atoms with Crippen LogP contribution in [0.1, 0.15) is 90.7 Å². The van der Waals surface area contributed by atoms with Crippen molar-refractivity contribution in [1.82, 2.24) is 30.8 Å². The largest absolute Gasteiger partial charge is 0.481 e. The number of benzene rings is 4. The summed E-state index contributed by atoms with van der Waals surface area (Å²) in [5, 5.41) is 35.8. The standard InChI is InChI=1S/C25H31N5O3.C24H29NO5/c1-4-5-6-11-22(31)30(23(17(2)3)25(32)33)16-18-12-14-19(15-13-18)20-9-7-8-10-21(20)24-26-28-29-27-24;1-3-30-24(29)17(2)15-21(25-22(26)13-14-23(27)28)16-18-9-11-20(12-10-18)19-7-5-4-6-8-19/h7-10,12-15,17,23H,4-6,11,16H2,1-3H3,(H,32,33)(H,26,27,28,29);4-12,17,21H,3,13-16H2,1-2H3,(H,25,26)(H,27,28)/t23-;17-,21+/m01/s1. The van der Waals surface area contributed by atoms with Crippen LogP contribution in [0.5, 0.6) is 0 Å². The minimum absolute atomic E-state index is 0.0907. The third kappa shape index (κ3) is 15.6. The van der Waals surface area contributed by atoms with Crippen LogP contribution in [-0.4, -0.2) is 84.1 Å². The number of aromatic amines is 1. The van der Waals surface area contributed by atoms with Gasteiger partial charge in [0.05, 0.1) is 18.9 Å². The van der Waals surface area contributed by atoms with E-state index >= 15 is 0 Å². The first kappa shape index (κ1) is 49.0. The van der Waals surface area contributed by atoms with Crippen molar-refractivity contribution < 1.29 is 38.9 Å². The predicted molar refractivity (Wildman–Crippen MR) is 241 cm³/mol. The van der Waals surface area contributed by atoms with Crippen molar-refractivity contribution >= 4 is 29.7 Å². The second-order valence-corrected chi connectivity index (χ2v) is 15.8. The first-order valence-electron chi connectivity index (χ1n) is 21.6. The molecule has 14 nitrogen and oxygen atoms in total. The van der Waals surface area contributed by atoms with Gasteiger partial charge in [-0.25, -0.2) is 4.79 Å². The van der Waals surface area contributed by atoms with E-state index in [1.165, 1.54) is 4.90 Å². The van der Waals surface area contributed by atoms with Gasteiger partial charge in [-0.2, -0.15) is 5.21 Å². The lowest BCUT2D eigenvalue weighted by atomic mass is 9.94. The van der Waals surface area contributed by atoms with E-state index in [4.69, 9.17) is 9.84 Å². The number of nitrogens with zero attached hydrogens (tertiary/aromatic N) is 4. The first-order valence-corrected chi connectivity index (χ1v) is 21.6. The van der Waals surface area contributed by atoms with E-state index in [1.54, 1.807) is 13.8 Å². The Bertz CT molecular complexity index is 2200. The number of aromatic nitrogens is 4. The Labute approximate surface area is 369 Å². The zero-order valence-electron chi connectivity index (χ0n) is 36.8. The number of rotatable bonds is 22. The maximum absolute atomic E-state index is 13.0. The number of carboxylic acid groups (broad SMARTS) is 2. The van der Waals surface area contributed by atoms with Gasteiger partial charge in [0.2, 0.25) is 17.6 Å². The Hall–Kier alpha value is -6.70. The number of carbonyl (C=O) groups is 5. The number of aliphatic carboxylic acids is 2. The van der Waals surface area contributed by atoms with Crippen LogP contribution in [0.3, 0.4) is 0 Å².